The zero-order chi connectivity index (χ0) is 38.4. The maximum atomic E-state index is 2.38. The highest BCUT2D eigenvalue weighted by Crippen LogP contribution is 2.46. The molecule has 2 heteroatoms. The summed E-state index contributed by atoms with van der Waals surface area (Å²) in [6.45, 7) is 0. The van der Waals surface area contributed by atoms with Crippen molar-refractivity contribution in [2.75, 3.05) is 4.90 Å². The third kappa shape index (κ3) is 5.86. The molecular weight excluding hydrogens is 719 g/mol. The fraction of sp³-hybridized carbons (Fsp3) is 0. The predicted octanol–water partition coefficient (Wildman–Crippen LogP) is 16.5. The third-order valence-electron chi connectivity index (χ3n) is 11.5. The lowest BCUT2D eigenvalue weighted by atomic mass is 9.95. The van der Waals surface area contributed by atoms with E-state index in [4.69, 9.17) is 0 Å². The smallest absolute Gasteiger partial charge is 0.0540 e. The molecule has 0 saturated heterocycles. The van der Waals surface area contributed by atoms with Gasteiger partial charge in [0.25, 0.3) is 0 Å². The number of rotatable bonds is 7. The van der Waals surface area contributed by atoms with E-state index in [1.54, 1.807) is 0 Å². The molecule has 0 unspecified atom stereocenters. The molecule has 0 N–H and O–H groups in total. The summed E-state index contributed by atoms with van der Waals surface area (Å²) in [4.78, 5) is 2.38. The van der Waals surface area contributed by atoms with E-state index in [-0.39, 0.29) is 0 Å². The molecule has 1 aromatic heterocycles. The molecule has 0 aliphatic rings. The Balaban J connectivity index is 0.983. The fourth-order valence-electron chi connectivity index (χ4n) is 8.74. The summed E-state index contributed by atoms with van der Waals surface area (Å²) in [6.07, 6.45) is 0. The van der Waals surface area contributed by atoms with Gasteiger partial charge in [-0.1, -0.05) is 188 Å². The highest BCUT2D eigenvalue weighted by atomic mass is 32.1. The van der Waals surface area contributed by atoms with Crippen LogP contribution in [0.4, 0.5) is 17.1 Å². The molecule has 0 saturated carbocycles. The standard InChI is InChI=1S/C56H37NS/c1-3-15-39(16-4-1)46-35-36-54(50-25-10-9-24-48(46)50)57(43-21-5-2-6-22-43)44-33-31-38(32-34-44)41-19-11-20-42(37-41)47-26-13-29-52-53-30-14-28-51(56(53)58-55(47)52)49-27-12-18-40-17-7-8-23-45(40)49/h1-37H. The van der Waals surface area contributed by atoms with Crippen LogP contribution in [-0.2, 0) is 0 Å². The number of fused-ring (bicyclic) bond motifs is 5. The van der Waals surface area contributed by atoms with Crippen LogP contribution in [0.3, 0.4) is 0 Å². The first kappa shape index (κ1) is 34.0. The maximum absolute atomic E-state index is 2.38. The van der Waals surface area contributed by atoms with Crippen LogP contribution in [-0.4, -0.2) is 0 Å². The van der Waals surface area contributed by atoms with E-state index in [0.29, 0.717) is 0 Å². The van der Waals surface area contributed by atoms with Crippen molar-refractivity contribution >= 4 is 70.1 Å². The first-order valence-corrected chi connectivity index (χ1v) is 20.7. The van der Waals surface area contributed by atoms with Crippen molar-refractivity contribution in [3.8, 4) is 44.5 Å². The average molecular weight is 756 g/mol. The molecule has 0 atom stereocenters. The second-order valence-electron chi connectivity index (χ2n) is 14.8. The molecule has 58 heavy (non-hydrogen) atoms. The van der Waals surface area contributed by atoms with Crippen LogP contribution in [0.1, 0.15) is 0 Å². The second kappa shape index (κ2) is 14.4. The van der Waals surface area contributed by atoms with Crippen LogP contribution in [0.2, 0.25) is 0 Å². The number of thiophene rings is 1. The van der Waals surface area contributed by atoms with Gasteiger partial charge < -0.3 is 4.90 Å². The molecule has 10 aromatic carbocycles. The van der Waals surface area contributed by atoms with E-state index in [9.17, 15) is 0 Å². The normalized spacial score (nSPS) is 11.4. The van der Waals surface area contributed by atoms with Gasteiger partial charge in [0, 0.05) is 42.5 Å². The number of nitrogens with zero attached hydrogens (tertiary/aromatic N) is 1. The molecule has 0 fully saturated rings. The Morgan fingerprint density at radius 3 is 1.60 bits per heavy atom. The molecule has 1 nitrogen and oxygen atoms in total. The molecule has 0 bridgehead atoms. The summed E-state index contributed by atoms with van der Waals surface area (Å²) in [6, 6.07) is 81.7. The summed E-state index contributed by atoms with van der Waals surface area (Å²) in [5.74, 6) is 0. The van der Waals surface area contributed by atoms with Gasteiger partial charge in [0.15, 0.2) is 0 Å². The maximum Gasteiger partial charge on any atom is 0.0540 e. The lowest BCUT2D eigenvalue weighted by molar-refractivity contribution is 1.30. The number of para-hydroxylation sites is 1. The average Bonchev–Trinajstić information content (AvgIpc) is 3.69. The van der Waals surface area contributed by atoms with Gasteiger partial charge in [-0.15, -0.1) is 11.3 Å². The highest BCUT2D eigenvalue weighted by Gasteiger charge is 2.19. The monoisotopic (exact) mass is 755 g/mol. The van der Waals surface area contributed by atoms with Crippen LogP contribution in [0.15, 0.2) is 224 Å². The summed E-state index contributed by atoms with van der Waals surface area (Å²) in [5, 5.41) is 7.62. The van der Waals surface area contributed by atoms with Gasteiger partial charge in [-0.05, 0) is 91.5 Å². The van der Waals surface area contributed by atoms with E-state index < -0.39 is 0 Å². The fourth-order valence-corrected chi connectivity index (χ4v) is 10.1. The molecule has 11 rings (SSSR count). The van der Waals surface area contributed by atoms with Gasteiger partial charge in [-0.3, -0.25) is 0 Å². The van der Waals surface area contributed by atoms with E-state index >= 15 is 0 Å². The van der Waals surface area contributed by atoms with Crippen LogP contribution in [0.25, 0.3) is 86.2 Å². The van der Waals surface area contributed by atoms with Gasteiger partial charge >= 0.3 is 0 Å². The minimum atomic E-state index is 1.11. The van der Waals surface area contributed by atoms with Crippen LogP contribution < -0.4 is 4.90 Å². The summed E-state index contributed by atoms with van der Waals surface area (Å²) < 4.78 is 2.65. The lowest BCUT2D eigenvalue weighted by Gasteiger charge is -2.27. The minimum Gasteiger partial charge on any atom is -0.310 e. The topological polar surface area (TPSA) is 3.24 Å². The van der Waals surface area contributed by atoms with E-state index in [0.717, 1.165) is 17.1 Å². The zero-order valence-corrected chi connectivity index (χ0v) is 32.5. The van der Waals surface area contributed by atoms with Crippen molar-refractivity contribution in [2.45, 2.75) is 0 Å². The molecule has 1 heterocycles. The van der Waals surface area contributed by atoms with Gasteiger partial charge in [0.2, 0.25) is 0 Å². The second-order valence-corrected chi connectivity index (χ2v) is 15.9. The molecule has 272 valence electrons. The molecule has 0 aliphatic heterocycles. The molecule has 0 spiro atoms. The van der Waals surface area contributed by atoms with Gasteiger partial charge in [-0.2, -0.15) is 0 Å². The van der Waals surface area contributed by atoms with Gasteiger partial charge in [0.1, 0.15) is 0 Å². The van der Waals surface area contributed by atoms with Gasteiger partial charge in [-0.25, -0.2) is 0 Å². The Hall–Kier alpha value is -7.26. The van der Waals surface area contributed by atoms with Crippen molar-refractivity contribution in [3.05, 3.63) is 224 Å². The SMILES string of the molecule is c1ccc(-c2ccc(N(c3ccccc3)c3ccc(-c4cccc(-c5cccc6c5sc5c(-c7cccc8ccccc78)cccc56)c4)cc3)c3ccccc23)cc1. The molecule has 0 aliphatic carbocycles. The largest absolute Gasteiger partial charge is 0.310 e. The first-order valence-electron chi connectivity index (χ1n) is 19.8. The molecule has 0 amide bonds. The van der Waals surface area contributed by atoms with Crippen molar-refractivity contribution < 1.29 is 0 Å². The lowest BCUT2D eigenvalue weighted by Crippen LogP contribution is -2.10. The number of anilines is 3. The molecule has 0 radical (unpaired) electrons. The van der Waals surface area contributed by atoms with E-state index in [1.807, 2.05) is 11.3 Å². The van der Waals surface area contributed by atoms with Crippen LogP contribution in [0, 0.1) is 0 Å². The quantitative estimate of drug-likeness (QED) is 0.157. The predicted molar refractivity (Wildman–Crippen MR) is 251 cm³/mol. The Morgan fingerprint density at radius 2 is 0.810 bits per heavy atom. The van der Waals surface area contributed by atoms with Crippen molar-refractivity contribution in [3.63, 3.8) is 0 Å². The Kier molecular flexibility index (Phi) is 8.42. The highest BCUT2D eigenvalue weighted by molar-refractivity contribution is 7.26. The van der Waals surface area contributed by atoms with E-state index in [1.165, 1.54) is 86.2 Å². The number of hydrogen-bond donors (Lipinski definition) is 0. The van der Waals surface area contributed by atoms with Crippen molar-refractivity contribution in [1.82, 2.24) is 0 Å². The first-order chi connectivity index (χ1) is 28.8. The number of benzene rings is 10. The van der Waals surface area contributed by atoms with Crippen LogP contribution >= 0.6 is 11.3 Å². The number of hydrogen-bond acceptors (Lipinski definition) is 2. The Labute approximate surface area is 342 Å². The van der Waals surface area contributed by atoms with Crippen molar-refractivity contribution in [1.29, 1.82) is 0 Å². The molecular formula is C56H37NS. The zero-order valence-electron chi connectivity index (χ0n) is 31.7. The summed E-state index contributed by atoms with van der Waals surface area (Å²) in [5.41, 5.74) is 13.3. The van der Waals surface area contributed by atoms with Crippen molar-refractivity contribution in [2.24, 2.45) is 0 Å². The van der Waals surface area contributed by atoms with E-state index in [2.05, 4.69) is 229 Å². The van der Waals surface area contributed by atoms with Gasteiger partial charge in [0.05, 0.1) is 5.69 Å². The summed E-state index contributed by atoms with van der Waals surface area (Å²) in [7, 11) is 0. The Bertz CT molecular complexity index is 3270. The Morgan fingerprint density at radius 1 is 0.276 bits per heavy atom. The summed E-state index contributed by atoms with van der Waals surface area (Å²) >= 11 is 1.91. The third-order valence-corrected chi connectivity index (χ3v) is 12.8. The van der Waals surface area contributed by atoms with Crippen LogP contribution in [0.5, 0.6) is 0 Å². The minimum absolute atomic E-state index is 1.11. The molecule has 11 aromatic rings.